The predicted octanol–water partition coefficient (Wildman–Crippen LogP) is 5.91. The molecule has 1 aromatic heterocycles. The highest BCUT2D eigenvalue weighted by Gasteiger charge is 2.42. The van der Waals surface area contributed by atoms with Crippen LogP contribution in [-0.2, 0) is 4.79 Å². The van der Waals surface area contributed by atoms with Crippen LogP contribution in [0.2, 0.25) is 5.02 Å². The van der Waals surface area contributed by atoms with Gasteiger partial charge >= 0.3 is 0 Å². The Bertz CT molecular complexity index is 1380. The number of rotatable bonds is 6. The second kappa shape index (κ2) is 9.02. The van der Waals surface area contributed by atoms with Crippen LogP contribution in [0.25, 0.3) is 16.6 Å². The van der Waals surface area contributed by atoms with Crippen LogP contribution in [0.1, 0.15) is 24.9 Å². The molecule has 1 saturated heterocycles. The van der Waals surface area contributed by atoms with Crippen LogP contribution >= 0.6 is 11.6 Å². The van der Waals surface area contributed by atoms with E-state index in [-0.39, 0.29) is 18.1 Å². The molecule has 5 rings (SSSR count). The molecule has 1 aliphatic rings. The third-order valence-corrected chi connectivity index (χ3v) is 6.32. The molecule has 1 fully saturated rings. The number of fused-ring (bicyclic) bond motifs is 1. The van der Waals surface area contributed by atoms with E-state index >= 15 is 0 Å². The van der Waals surface area contributed by atoms with E-state index in [2.05, 4.69) is 10.4 Å². The van der Waals surface area contributed by atoms with Crippen LogP contribution in [0.15, 0.2) is 72.9 Å². The van der Waals surface area contributed by atoms with Gasteiger partial charge in [0.05, 0.1) is 30.0 Å². The largest absolute Gasteiger partial charge is 0.305 e. The Balaban J connectivity index is 1.53. The van der Waals surface area contributed by atoms with E-state index in [0.29, 0.717) is 16.4 Å². The Labute approximate surface area is 205 Å². The van der Waals surface area contributed by atoms with Crippen LogP contribution in [-0.4, -0.2) is 34.2 Å². The Hall–Kier alpha value is -3.36. The average Bonchev–Trinajstić information content (AvgIpc) is 3.38. The van der Waals surface area contributed by atoms with Crippen LogP contribution in [0.4, 0.5) is 18.9 Å². The molecular formula is C26H22ClF3N4O. The van der Waals surface area contributed by atoms with E-state index in [4.69, 9.17) is 11.6 Å². The first-order valence-electron chi connectivity index (χ1n) is 11.1. The molecule has 2 atom stereocenters. The number of aromatic nitrogens is 2. The molecule has 180 valence electrons. The van der Waals surface area contributed by atoms with Crippen molar-refractivity contribution in [3.8, 4) is 5.69 Å². The van der Waals surface area contributed by atoms with E-state index in [1.54, 1.807) is 52.2 Å². The van der Waals surface area contributed by atoms with Gasteiger partial charge in [0.2, 0.25) is 5.91 Å². The summed E-state index contributed by atoms with van der Waals surface area (Å²) in [6.45, 7) is 0.301. The number of carbonyl (C=O) groups is 1. The van der Waals surface area contributed by atoms with Gasteiger partial charge in [-0.1, -0.05) is 23.7 Å². The molecule has 0 aliphatic carbocycles. The van der Waals surface area contributed by atoms with E-state index in [1.807, 2.05) is 18.2 Å². The number of anilines is 1. The molecule has 9 heteroatoms. The van der Waals surface area contributed by atoms with Gasteiger partial charge in [-0.15, -0.1) is 0 Å². The molecule has 3 aromatic carbocycles. The molecule has 2 heterocycles. The van der Waals surface area contributed by atoms with E-state index in [1.165, 1.54) is 12.1 Å². The third kappa shape index (κ3) is 4.76. The number of nitrogens with one attached hydrogen (secondary N) is 1. The summed E-state index contributed by atoms with van der Waals surface area (Å²) in [6.07, 6.45) is 1.74. The lowest BCUT2D eigenvalue weighted by Crippen LogP contribution is -2.41. The monoisotopic (exact) mass is 498 g/mol. The molecule has 1 amide bonds. The molecule has 4 aromatic rings. The van der Waals surface area contributed by atoms with Gasteiger partial charge in [0.25, 0.3) is 5.92 Å². The Morgan fingerprint density at radius 2 is 1.83 bits per heavy atom. The van der Waals surface area contributed by atoms with Crippen molar-refractivity contribution in [2.24, 2.45) is 0 Å². The van der Waals surface area contributed by atoms with Crippen LogP contribution in [0, 0.1) is 5.82 Å². The van der Waals surface area contributed by atoms with Crippen LogP contribution < -0.4 is 10.2 Å². The second-order valence-corrected chi connectivity index (χ2v) is 9.24. The first-order valence-corrected chi connectivity index (χ1v) is 11.5. The fourth-order valence-corrected chi connectivity index (χ4v) is 4.76. The standard InChI is InChI=1S/C26H22ClF3N4O/c1-26(29,30)15-31-22-13-24(35)33(25(22)16-3-2-4-18(27)11-16)21-9-10-23-17(12-21)14-32-34(23)20-7-5-19(28)6-8-20/h2-12,14,22,25,31H,13,15H2,1H3/t22-,25+/m0/s1. The van der Waals surface area contributed by atoms with Gasteiger partial charge in [0, 0.05) is 35.5 Å². The van der Waals surface area contributed by atoms with Crippen molar-refractivity contribution in [1.82, 2.24) is 15.1 Å². The summed E-state index contributed by atoms with van der Waals surface area (Å²) in [5.41, 5.74) is 2.86. The summed E-state index contributed by atoms with van der Waals surface area (Å²) in [7, 11) is 0. The zero-order chi connectivity index (χ0) is 24.7. The van der Waals surface area contributed by atoms with Crippen molar-refractivity contribution in [2.75, 3.05) is 11.4 Å². The first-order chi connectivity index (χ1) is 16.7. The molecular weight excluding hydrogens is 477 g/mol. The molecule has 1 N–H and O–H groups in total. The lowest BCUT2D eigenvalue weighted by Gasteiger charge is -2.30. The molecule has 0 spiro atoms. The fraction of sp³-hybridized carbons (Fsp3) is 0.231. The summed E-state index contributed by atoms with van der Waals surface area (Å²) in [6, 6.07) is 17.5. The number of amides is 1. The van der Waals surface area contributed by atoms with Crippen molar-refractivity contribution in [3.05, 3.63) is 89.3 Å². The maximum absolute atomic E-state index is 13.6. The zero-order valence-corrected chi connectivity index (χ0v) is 19.5. The third-order valence-electron chi connectivity index (χ3n) is 6.09. The van der Waals surface area contributed by atoms with Gasteiger partial charge in [0.15, 0.2) is 0 Å². The molecule has 0 radical (unpaired) electrons. The minimum Gasteiger partial charge on any atom is -0.305 e. The minimum atomic E-state index is -2.91. The number of nitrogens with zero attached hydrogens (tertiary/aromatic N) is 3. The summed E-state index contributed by atoms with van der Waals surface area (Å²) < 4.78 is 42.2. The lowest BCUT2D eigenvalue weighted by atomic mass is 9.99. The zero-order valence-electron chi connectivity index (χ0n) is 18.8. The topological polar surface area (TPSA) is 50.2 Å². The van der Waals surface area contributed by atoms with E-state index in [9.17, 15) is 18.0 Å². The van der Waals surface area contributed by atoms with Gasteiger partial charge in [-0.05, 0) is 60.2 Å². The van der Waals surface area contributed by atoms with Crippen molar-refractivity contribution >= 4 is 34.1 Å². The average molecular weight is 499 g/mol. The maximum Gasteiger partial charge on any atom is 0.257 e. The summed E-state index contributed by atoms with van der Waals surface area (Å²) in [5, 5.41) is 8.58. The van der Waals surface area contributed by atoms with Crippen molar-refractivity contribution in [1.29, 1.82) is 0 Å². The molecule has 35 heavy (non-hydrogen) atoms. The van der Waals surface area contributed by atoms with Gasteiger partial charge in [0.1, 0.15) is 5.82 Å². The van der Waals surface area contributed by atoms with Crippen LogP contribution in [0.3, 0.4) is 0 Å². The lowest BCUT2D eigenvalue weighted by molar-refractivity contribution is -0.117. The Morgan fingerprint density at radius 1 is 1.09 bits per heavy atom. The fourth-order valence-electron chi connectivity index (χ4n) is 4.56. The second-order valence-electron chi connectivity index (χ2n) is 8.80. The molecule has 0 unspecified atom stereocenters. The number of halogens is 4. The first kappa shape index (κ1) is 23.4. The number of hydrogen-bond acceptors (Lipinski definition) is 3. The number of hydrogen-bond donors (Lipinski definition) is 1. The SMILES string of the molecule is CC(F)(F)CN[C@H]1CC(=O)N(c2ccc3c(cnn3-c3ccc(F)cc3)c2)[C@@H]1c1cccc(Cl)c1. The summed E-state index contributed by atoms with van der Waals surface area (Å²) in [4.78, 5) is 14.8. The van der Waals surface area contributed by atoms with Gasteiger partial charge < -0.3 is 10.2 Å². The highest BCUT2D eigenvalue weighted by molar-refractivity contribution is 6.30. The van der Waals surface area contributed by atoms with Gasteiger partial charge in [-0.2, -0.15) is 5.10 Å². The highest BCUT2D eigenvalue weighted by Crippen LogP contribution is 2.39. The summed E-state index contributed by atoms with van der Waals surface area (Å²) >= 11 is 6.22. The maximum atomic E-state index is 13.6. The smallest absolute Gasteiger partial charge is 0.257 e. The minimum absolute atomic E-state index is 0.0696. The van der Waals surface area contributed by atoms with Crippen molar-refractivity contribution in [3.63, 3.8) is 0 Å². The Kier molecular flexibility index (Phi) is 6.02. The van der Waals surface area contributed by atoms with E-state index < -0.39 is 24.6 Å². The highest BCUT2D eigenvalue weighted by atomic mass is 35.5. The normalized spacial score (nSPS) is 18.5. The van der Waals surface area contributed by atoms with E-state index in [0.717, 1.165) is 23.4 Å². The van der Waals surface area contributed by atoms with Crippen LogP contribution in [0.5, 0.6) is 0 Å². The number of alkyl halides is 2. The number of carbonyl (C=O) groups excluding carboxylic acids is 1. The molecule has 1 aliphatic heterocycles. The molecule has 5 nitrogen and oxygen atoms in total. The molecule has 0 saturated carbocycles. The summed E-state index contributed by atoms with van der Waals surface area (Å²) in [5.74, 6) is -3.43. The van der Waals surface area contributed by atoms with Crippen molar-refractivity contribution in [2.45, 2.75) is 31.4 Å². The van der Waals surface area contributed by atoms with Gasteiger partial charge in [-0.25, -0.2) is 17.9 Å². The van der Waals surface area contributed by atoms with Gasteiger partial charge in [-0.3, -0.25) is 4.79 Å². The number of benzene rings is 3. The molecule has 0 bridgehead atoms. The van der Waals surface area contributed by atoms with Crippen molar-refractivity contribution < 1.29 is 18.0 Å². The predicted molar refractivity (Wildman–Crippen MR) is 130 cm³/mol. The Morgan fingerprint density at radius 3 is 2.54 bits per heavy atom. The quantitative estimate of drug-likeness (QED) is 0.359.